The molecule has 1 aliphatic rings. The summed E-state index contributed by atoms with van der Waals surface area (Å²) in [7, 11) is 0. The van der Waals surface area contributed by atoms with Crippen molar-refractivity contribution in [3.8, 4) is 11.5 Å². The monoisotopic (exact) mass is 384 g/mol. The van der Waals surface area contributed by atoms with Crippen LogP contribution in [0.15, 0.2) is 55.4 Å². The molecule has 0 aliphatic carbocycles. The molecule has 0 saturated heterocycles. The van der Waals surface area contributed by atoms with E-state index in [1.807, 2.05) is 36.9 Å². The maximum Gasteiger partial charge on any atom is 0.231 e. The lowest BCUT2D eigenvalue weighted by molar-refractivity contribution is 0.174. The van der Waals surface area contributed by atoms with Crippen LogP contribution in [0.5, 0.6) is 11.5 Å². The molecule has 1 aliphatic heterocycles. The number of hydrogen-bond donors (Lipinski definition) is 0. The van der Waals surface area contributed by atoms with Gasteiger partial charge in [0.25, 0.3) is 0 Å². The van der Waals surface area contributed by atoms with Crippen LogP contribution in [0.4, 0.5) is 0 Å². The Morgan fingerprint density at radius 1 is 1.11 bits per heavy atom. The molecule has 27 heavy (non-hydrogen) atoms. The fourth-order valence-electron chi connectivity index (χ4n) is 3.18. The van der Waals surface area contributed by atoms with Gasteiger partial charge in [0, 0.05) is 62.1 Å². The summed E-state index contributed by atoms with van der Waals surface area (Å²) in [6.45, 7) is 3.65. The molecule has 2 aromatic heterocycles. The second-order valence-corrected chi connectivity index (χ2v) is 6.93. The van der Waals surface area contributed by atoms with Crippen molar-refractivity contribution in [2.45, 2.75) is 26.1 Å². The van der Waals surface area contributed by atoms with Crippen molar-refractivity contribution in [2.75, 3.05) is 13.3 Å². The summed E-state index contributed by atoms with van der Waals surface area (Å²) in [5.41, 5.74) is 2.21. The smallest absolute Gasteiger partial charge is 0.231 e. The molecule has 7 heteroatoms. The number of imidazole rings is 1. The van der Waals surface area contributed by atoms with E-state index in [0.29, 0.717) is 10.8 Å². The van der Waals surface area contributed by atoms with Crippen molar-refractivity contribution < 1.29 is 9.47 Å². The Morgan fingerprint density at radius 2 is 2.00 bits per heavy atom. The van der Waals surface area contributed by atoms with Gasteiger partial charge in [0.2, 0.25) is 6.79 Å². The SMILES string of the molecule is Clc1cc2c(cc1CN(CCCn1ccnc1)Cc1cccnc1)OCO2. The van der Waals surface area contributed by atoms with Crippen molar-refractivity contribution in [2.24, 2.45) is 0 Å². The average Bonchev–Trinajstić information content (AvgIpc) is 3.34. The van der Waals surface area contributed by atoms with E-state index in [-0.39, 0.29) is 6.79 Å². The molecular weight excluding hydrogens is 364 g/mol. The van der Waals surface area contributed by atoms with Gasteiger partial charge >= 0.3 is 0 Å². The fourth-order valence-corrected chi connectivity index (χ4v) is 3.39. The normalized spacial score (nSPS) is 12.7. The van der Waals surface area contributed by atoms with Crippen LogP contribution in [0.25, 0.3) is 0 Å². The largest absolute Gasteiger partial charge is 0.454 e. The summed E-state index contributed by atoms with van der Waals surface area (Å²) in [5, 5.41) is 0.699. The fraction of sp³-hybridized carbons (Fsp3) is 0.300. The quantitative estimate of drug-likeness (QED) is 0.592. The van der Waals surface area contributed by atoms with Gasteiger partial charge in [-0.1, -0.05) is 17.7 Å². The van der Waals surface area contributed by atoms with Crippen LogP contribution in [-0.2, 0) is 19.6 Å². The zero-order chi connectivity index (χ0) is 18.5. The van der Waals surface area contributed by atoms with Crippen molar-refractivity contribution >= 4 is 11.6 Å². The Morgan fingerprint density at radius 3 is 2.78 bits per heavy atom. The molecule has 0 N–H and O–H groups in total. The first-order valence-corrected chi connectivity index (χ1v) is 9.31. The second kappa shape index (κ2) is 8.41. The number of nitrogens with zero attached hydrogens (tertiary/aromatic N) is 4. The molecule has 140 valence electrons. The third-order valence-corrected chi connectivity index (χ3v) is 4.87. The Labute approximate surface area is 163 Å². The third kappa shape index (κ3) is 4.59. The lowest BCUT2D eigenvalue weighted by Crippen LogP contribution is -2.25. The highest BCUT2D eigenvalue weighted by atomic mass is 35.5. The minimum absolute atomic E-state index is 0.249. The zero-order valence-corrected chi connectivity index (χ0v) is 15.7. The molecule has 0 bridgehead atoms. The van der Waals surface area contributed by atoms with Gasteiger partial charge in [-0.05, 0) is 29.7 Å². The number of aromatic nitrogens is 3. The molecule has 0 spiro atoms. The number of fused-ring (bicyclic) bond motifs is 1. The predicted octanol–water partition coefficient (Wildman–Crippen LogP) is 3.75. The van der Waals surface area contributed by atoms with Gasteiger partial charge in [-0.25, -0.2) is 4.98 Å². The number of ether oxygens (including phenoxy) is 2. The lowest BCUT2D eigenvalue weighted by Gasteiger charge is -2.23. The third-order valence-electron chi connectivity index (χ3n) is 4.51. The maximum atomic E-state index is 6.48. The summed E-state index contributed by atoms with van der Waals surface area (Å²) in [6, 6.07) is 7.88. The molecule has 0 fully saturated rings. The minimum Gasteiger partial charge on any atom is -0.454 e. The van der Waals surface area contributed by atoms with Crippen LogP contribution in [-0.4, -0.2) is 32.8 Å². The van der Waals surface area contributed by atoms with Gasteiger partial charge in [-0.3, -0.25) is 9.88 Å². The van der Waals surface area contributed by atoms with Crippen LogP contribution in [0.2, 0.25) is 5.02 Å². The van der Waals surface area contributed by atoms with Gasteiger partial charge in [0.05, 0.1) is 6.33 Å². The Kier molecular flexibility index (Phi) is 5.55. The number of pyridine rings is 1. The van der Waals surface area contributed by atoms with Gasteiger partial charge in [-0.15, -0.1) is 0 Å². The lowest BCUT2D eigenvalue weighted by atomic mass is 10.1. The van der Waals surface area contributed by atoms with E-state index >= 15 is 0 Å². The predicted molar refractivity (Wildman–Crippen MR) is 103 cm³/mol. The number of rotatable bonds is 8. The Balaban J connectivity index is 1.46. The first-order valence-electron chi connectivity index (χ1n) is 8.93. The summed E-state index contributed by atoms with van der Waals surface area (Å²) in [4.78, 5) is 10.7. The van der Waals surface area contributed by atoms with Crippen LogP contribution in [0.1, 0.15) is 17.5 Å². The van der Waals surface area contributed by atoms with E-state index in [1.54, 1.807) is 12.4 Å². The van der Waals surface area contributed by atoms with Crippen LogP contribution < -0.4 is 9.47 Å². The highest BCUT2D eigenvalue weighted by Crippen LogP contribution is 2.37. The van der Waals surface area contributed by atoms with Gasteiger partial charge in [0.15, 0.2) is 11.5 Å². The molecule has 3 aromatic rings. The summed E-state index contributed by atoms with van der Waals surface area (Å²) in [5.74, 6) is 1.47. The molecule has 0 unspecified atom stereocenters. The number of aryl methyl sites for hydroxylation is 1. The van der Waals surface area contributed by atoms with E-state index in [1.165, 1.54) is 5.56 Å². The first kappa shape index (κ1) is 17.8. The Hall–Kier alpha value is -2.57. The molecule has 6 nitrogen and oxygen atoms in total. The molecular formula is C20H21ClN4O2. The maximum absolute atomic E-state index is 6.48. The average molecular weight is 385 g/mol. The Bertz CT molecular complexity index is 871. The number of halogens is 1. The van der Waals surface area contributed by atoms with E-state index < -0.39 is 0 Å². The van der Waals surface area contributed by atoms with E-state index in [0.717, 1.165) is 43.9 Å². The van der Waals surface area contributed by atoms with Crippen LogP contribution in [0, 0.1) is 0 Å². The van der Waals surface area contributed by atoms with Crippen molar-refractivity contribution in [3.05, 3.63) is 71.5 Å². The summed E-state index contributed by atoms with van der Waals surface area (Å²) >= 11 is 6.48. The molecule has 0 atom stereocenters. The molecule has 0 saturated carbocycles. The highest BCUT2D eigenvalue weighted by molar-refractivity contribution is 6.31. The molecule has 3 heterocycles. The zero-order valence-electron chi connectivity index (χ0n) is 14.9. The highest BCUT2D eigenvalue weighted by Gasteiger charge is 2.18. The first-order chi connectivity index (χ1) is 13.3. The van der Waals surface area contributed by atoms with Crippen molar-refractivity contribution in [1.29, 1.82) is 0 Å². The summed E-state index contributed by atoms with van der Waals surface area (Å²) < 4.78 is 13.0. The van der Waals surface area contributed by atoms with E-state index in [9.17, 15) is 0 Å². The van der Waals surface area contributed by atoms with E-state index in [4.69, 9.17) is 21.1 Å². The molecule has 4 rings (SSSR count). The topological polar surface area (TPSA) is 52.4 Å². The van der Waals surface area contributed by atoms with Gasteiger partial charge in [-0.2, -0.15) is 0 Å². The van der Waals surface area contributed by atoms with Crippen molar-refractivity contribution in [1.82, 2.24) is 19.4 Å². The second-order valence-electron chi connectivity index (χ2n) is 6.52. The summed E-state index contributed by atoms with van der Waals surface area (Å²) in [6.07, 6.45) is 10.4. The van der Waals surface area contributed by atoms with E-state index in [2.05, 4.69) is 25.5 Å². The van der Waals surface area contributed by atoms with Gasteiger partial charge in [0.1, 0.15) is 0 Å². The van der Waals surface area contributed by atoms with Gasteiger partial charge < -0.3 is 14.0 Å². The molecule has 1 aromatic carbocycles. The minimum atomic E-state index is 0.249. The van der Waals surface area contributed by atoms with Crippen LogP contribution in [0.3, 0.4) is 0 Å². The standard InChI is InChI=1S/C20H21ClN4O2/c21-18-10-20-19(26-15-27-20)9-17(18)13-25(12-16-3-1-4-22-11-16)7-2-6-24-8-5-23-14-24/h1,3-5,8-11,14H,2,6-7,12-13,15H2. The van der Waals surface area contributed by atoms with Crippen molar-refractivity contribution in [3.63, 3.8) is 0 Å². The number of hydrogen-bond acceptors (Lipinski definition) is 5. The molecule has 0 radical (unpaired) electrons. The van der Waals surface area contributed by atoms with Crippen LogP contribution >= 0.6 is 11.6 Å². The molecule has 0 amide bonds. The number of benzene rings is 1.